The fraction of sp³-hybridized carbons (Fsp3) is 0.438. The van der Waals surface area contributed by atoms with Crippen LogP contribution in [0.15, 0.2) is 29.3 Å². The van der Waals surface area contributed by atoms with Gasteiger partial charge in [0, 0.05) is 18.7 Å². The smallest absolute Gasteiger partial charge is 0.193 e. The third kappa shape index (κ3) is 4.66. The fourth-order valence-electron chi connectivity index (χ4n) is 2.64. The average Bonchev–Trinajstić information content (AvgIpc) is 2.75. The lowest BCUT2D eigenvalue weighted by atomic mass is 10.2. The number of benzene rings is 1. The van der Waals surface area contributed by atoms with E-state index in [1.54, 1.807) is 0 Å². The van der Waals surface area contributed by atoms with Crippen molar-refractivity contribution in [3.63, 3.8) is 0 Å². The van der Waals surface area contributed by atoms with Crippen LogP contribution in [-0.4, -0.2) is 20.7 Å². The Morgan fingerprint density at radius 3 is 2.78 bits per heavy atom. The van der Waals surface area contributed by atoms with Crippen molar-refractivity contribution in [1.29, 1.82) is 0 Å². The average molecular weight is 426 g/mol. The van der Waals surface area contributed by atoms with E-state index in [0.717, 1.165) is 30.3 Å². The highest BCUT2D eigenvalue weighted by Gasteiger charge is 2.14. The van der Waals surface area contributed by atoms with E-state index in [1.807, 2.05) is 24.3 Å². The molecular weight excluding hydrogens is 403 g/mol. The van der Waals surface area contributed by atoms with E-state index < -0.39 is 0 Å². The molecular formula is C16H23IN6. The molecule has 0 unspecified atom stereocenters. The lowest BCUT2D eigenvalue weighted by molar-refractivity contribution is 0.606. The zero-order valence-corrected chi connectivity index (χ0v) is 15.7. The maximum absolute atomic E-state index is 5.95. The highest BCUT2D eigenvalue weighted by atomic mass is 127. The Morgan fingerprint density at radius 1 is 1.22 bits per heavy atom. The number of aryl methyl sites for hydroxylation is 2. The number of nitrogens with two attached hydrogens (primary N) is 1. The first-order chi connectivity index (χ1) is 10.7. The van der Waals surface area contributed by atoms with Crippen LogP contribution in [0.5, 0.6) is 0 Å². The summed E-state index contributed by atoms with van der Waals surface area (Å²) in [7, 11) is 0. The van der Waals surface area contributed by atoms with Crippen LogP contribution in [0, 0.1) is 6.92 Å². The number of aliphatic imine (C=N–C) groups is 1. The Labute approximate surface area is 153 Å². The second kappa shape index (κ2) is 8.28. The number of guanidine groups is 1. The number of nitrogens with one attached hydrogen (secondary N) is 1. The molecule has 1 aliphatic rings. The number of halogens is 1. The standard InChI is InChI=1S/C16H22N6.HI/c1-12-6-8-13(9-7-12)19-16(17)18-11-15-21-20-14-5-3-2-4-10-22(14)15;/h6-9H,2-5,10-11H2,1H3,(H3,17,18,19);1H. The normalized spacial score (nSPS) is 14.6. The Kier molecular flexibility index (Phi) is 6.37. The minimum atomic E-state index is 0. The molecule has 0 radical (unpaired) electrons. The van der Waals surface area contributed by atoms with Crippen LogP contribution in [0.2, 0.25) is 0 Å². The van der Waals surface area contributed by atoms with Gasteiger partial charge in [-0.2, -0.15) is 0 Å². The third-order valence-electron chi connectivity index (χ3n) is 3.90. The molecule has 1 aromatic carbocycles. The van der Waals surface area contributed by atoms with Crippen molar-refractivity contribution in [1.82, 2.24) is 14.8 Å². The van der Waals surface area contributed by atoms with Crippen molar-refractivity contribution in [3.05, 3.63) is 41.5 Å². The molecule has 3 rings (SSSR count). The van der Waals surface area contributed by atoms with Crippen molar-refractivity contribution in [3.8, 4) is 0 Å². The monoisotopic (exact) mass is 426 g/mol. The molecule has 1 aliphatic heterocycles. The van der Waals surface area contributed by atoms with E-state index in [0.29, 0.717) is 12.5 Å². The molecule has 124 valence electrons. The van der Waals surface area contributed by atoms with Crippen molar-refractivity contribution in [2.75, 3.05) is 5.32 Å². The van der Waals surface area contributed by atoms with Crippen molar-refractivity contribution in [2.24, 2.45) is 10.7 Å². The number of fused-ring (bicyclic) bond motifs is 1. The lowest BCUT2D eigenvalue weighted by Gasteiger charge is -2.07. The molecule has 1 aromatic heterocycles. The van der Waals surface area contributed by atoms with Gasteiger partial charge >= 0.3 is 0 Å². The largest absolute Gasteiger partial charge is 0.370 e. The SMILES string of the molecule is Cc1ccc(NC(N)=NCc2nnc3n2CCCCC3)cc1.I. The maximum atomic E-state index is 5.95. The van der Waals surface area contributed by atoms with Gasteiger partial charge in [0.1, 0.15) is 12.4 Å². The molecule has 6 nitrogen and oxygen atoms in total. The van der Waals surface area contributed by atoms with Crippen molar-refractivity contribution < 1.29 is 0 Å². The lowest BCUT2D eigenvalue weighted by Crippen LogP contribution is -2.23. The zero-order chi connectivity index (χ0) is 15.4. The summed E-state index contributed by atoms with van der Waals surface area (Å²) in [6.07, 6.45) is 4.63. The molecule has 0 atom stereocenters. The molecule has 0 amide bonds. The Bertz CT molecular complexity index is 662. The van der Waals surface area contributed by atoms with Gasteiger partial charge in [-0.3, -0.25) is 0 Å². The molecule has 0 bridgehead atoms. The molecule has 0 spiro atoms. The van der Waals surface area contributed by atoms with Gasteiger partial charge in [0.15, 0.2) is 11.8 Å². The summed E-state index contributed by atoms with van der Waals surface area (Å²) < 4.78 is 2.19. The van der Waals surface area contributed by atoms with Crippen LogP contribution in [-0.2, 0) is 19.5 Å². The molecule has 3 N–H and O–H groups in total. The molecule has 2 heterocycles. The summed E-state index contributed by atoms with van der Waals surface area (Å²) >= 11 is 0. The summed E-state index contributed by atoms with van der Waals surface area (Å²) in [5, 5.41) is 11.6. The number of rotatable bonds is 3. The third-order valence-corrected chi connectivity index (χ3v) is 3.90. The molecule has 2 aromatic rings. The first kappa shape index (κ1) is 17.7. The first-order valence-electron chi connectivity index (χ1n) is 7.77. The highest BCUT2D eigenvalue weighted by molar-refractivity contribution is 14.0. The molecule has 0 saturated heterocycles. The summed E-state index contributed by atoms with van der Waals surface area (Å²) in [6.45, 7) is 3.49. The van der Waals surface area contributed by atoms with Gasteiger partial charge in [-0.1, -0.05) is 24.1 Å². The highest BCUT2D eigenvalue weighted by Crippen LogP contribution is 2.15. The van der Waals surface area contributed by atoms with Crippen molar-refractivity contribution >= 4 is 35.6 Å². The molecule has 0 fully saturated rings. The summed E-state index contributed by atoms with van der Waals surface area (Å²) in [6, 6.07) is 8.05. The van der Waals surface area contributed by atoms with E-state index >= 15 is 0 Å². The van der Waals surface area contributed by atoms with Gasteiger partial charge in [0.05, 0.1) is 0 Å². The number of nitrogens with zero attached hydrogens (tertiary/aromatic N) is 4. The van der Waals surface area contributed by atoms with Gasteiger partial charge in [-0.15, -0.1) is 34.2 Å². The minimum absolute atomic E-state index is 0. The van der Waals surface area contributed by atoms with Gasteiger partial charge in [0.25, 0.3) is 0 Å². The molecule has 23 heavy (non-hydrogen) atoms. The second-order valence-electron chi connectivity index (χ2n) is 5.69. The van der Waals surface area contributed by atoms with E-state index in [-0.39, 0.29) is 24.0 Å². The second-order valence-corrected chi connectivity index (χ2v) is 5.69. The van der Waals surface area contributed by atoms with Gasteiger partial charge in [0.2, 0.25) is 0 Å². The van der Waals surface area contributed by atoms with Crippen LogP contribution >= 0.6 is 24.0 Å². The Morgan fingerprint density at radius 2 is 2.00 bits per heavy atom. The van der Waals surface area contributed by atoms with Crippen LogP contribution in [0.4, 0.5) is 5.69 Å². The van der Waals surface area contributed by atoms with Crippen LogP contribution < -0.4 is 11.1 Å². The number of aromatic nitrogens is 3. The zero-order valence-electron chi connectivity index (χ0n) is 13.3. The fourth-order valence-corrected chi connectivity index (χ4v) is 2.64. The Hall–Kier alpha value is -1.64. The molecule has 7 heteroatoms. The first-order valence-corrected chi connectivity index (χ1v) is 7.77. The maximum Gasteiger partial charge on any atom is 0.193 e. The summed E-state index contributed by atoms with van der Waals surface area (Å²) in [5.41, 5.74) is 8.10. The molecule has 0 saturated carbocycles. The quantitative estimate of drug-likeness (QED) is 0.450. The van der Waals surface area contributed by atoms with E-state index in [4.69, 9.17) is 5.73 Å². The van der Waals surface area contributed by atoms with Crippen LogP contribution in [0.25, 0.3) is 0 Å². The van der Waals surface area contributed by atoms with E-state index in [2.05, 4.69) is 32.0 Å². The van der Waals surface area contributed by atoms with Gasteiger partial charge < -0.3 is 15.6 Å². The summed E-state index contributed by atoms with van der Waals surface area (Å²) in [4.78, 5) is 4.38. The number of hydrogen-bond acceptors (Lipinski definition) is 3. The van der Waals surface area contributed by atoms with Gasteiger partial charge in [-0.05, 0) is 31.9 Å². The molecule has 0 aliphatic carbocycles. The van der Waals surface area contributed by atoms with Crippen LogP contribution in [0.3, 0.4) is 0 Å². The summed E-state index contributed by atoms with van der Waals surface area (Å²) in [5.74, 6) is 2.37. The topological polar surface area (TPSA) is 81.1 Å². The predicted octanol–water partition coefficient (Wildman–Crippen LogP) is 2.86. The predicted molar refractivity (Wildman–Crippen MR) is 103 cm³/mol. The minimum Gasteiger partial charge on any atom is -0.370 e. The van der Waals surface area contributed by atoms with E-state index in [1.165, 1.54) is 24.8 Å². The van der Waals surface area contributed by atoms with E-state index in [9.17, 15) is 0 Å². The number of anilines is 1. The number of hydrogen-bond donors (Lipinski definition) is 2. The van der Waals surface area contributed by atoms with Crippen molar-refractivity contribution in [2.45, 2.75) is 45.7 Å². The van der Waals surface area contributed by atoms with Crippen LogP contribution in [0.1, 0.15) is 36.5 Å². The Balaban J connectivity index is 0.00000192. The van der Waals surface area contributed by atoms with Gasteiger partial charge in [-0.25, -0.2) is 4.99 Å².